The second-order valence-corrected chi connectivity index (χ2v) is 4.57. The lowest BCUT2D eigenvalue weighted by Crippen LogP contribution is -2.13. The molecule has 0 amide bonds. The molecule has 0 bridgehead atoms. The van der Waals surface area contributed by atoms with Crippen LogP contribution in [0.1, 0.15) is 22.9 Å². The summed E-state index contributed by atoms with van der Waals surface area (Å²) in [7, 11) is 1.92. The van der Waals surface area contributed by atoms with E-state index >= 15 is 0 Å². The van der Waals surface area contributed by atoms with E-state index in [-0.39, 0.29) is 6.04 Å². The summed E-state index contributed by atoms with van der Waals surface area (Å²) in [5, 5.41) is 8.53. The molecule has 1 unspecified atom stereocenters. The molecule has 2 heterocycles. The van der Waals surface area contributed by atoms with Gasteiger partial charge in [-0.1, -0.05) is 0 Å². The molecule has 4 heteroatoms. The minimum absolute atomic E-state index is 0.0494. The van der Waals surface area contributed by atoms with Gasteiger partial charge in [-0.2, -0.15) is 16.4 Å². The van der Waals surface area contributed by atoms with Crippen LogP contribution in [-0.4, -0.2) is 9.78 Å². The van der Waals surface area contributed by atoms with E-state index in [1.807, 2.05) is 24.9 Å². The number of aryl methyl sites for hydroxylation is 2. The Kier molecular flexibility index (Phi) is 2.88. The summed E-state index contributed by atoms with van der Waals surface area (Å²) in [6.07, 6.45) is 2.89. The van der Waals surface area contributed by atoms with Crippen LogP contribution in [-0.2, 0) is 13.5 Å². The highest BCUT2D eigenvalue weighted by molar-refractivity contribution is 7.07. The fraction of sp³-hybridized carbons (Fsp3) is 0.364. The minimum atomic E-state index is 0.0494. The summed E-state index contributed by atoms with van der Waals surface area (Å²) in [6, 6.07) is 2.17. The lowest BCUT2D eigenvalue weighted by atomic mass is 10.0. The third kappa shape index (κ3) is 2.27. The molecule has 2 N–H and O–H groups in total. The number of aromatic nitrogens is 2. The van der Waals surface area contributed by atoms with E-state index in [9.17, 15) is 0 Å². The maximum absolute atomic E-state index is 6.15. The third-order valence-electron chi connectivity index (χ3n) is 2.49. The average molecular weight is 221 g/mol. The fourth-order valence-electron chi connectivity index (χ4n) is 1.75. The maximum Gasteiger partial charge on any atom is 0.0641 e. The summed E-state index contributed by atoms with van der Waals surface area (Å²) in [4.78, 5) is 0. The highest BCUT2D eigenvalue weighted by atomic mass is 32.1. The van der Waals surface area contributed by atoms with Gasteiger partial charge in [0.25, 0.3) is 0 Å². The van der Waals surface area contributed by atoms with Crippen LogP contribution >= 0.6 is 11.3 Å². The molecule has 2 aromatic rings. The third-order valence-corrected chi connectivity index (χ3v) is 3.22. The molecule has 0 saturated heterocycles. The molecule has 0 aliphatic rings. The van der Waals surface area contributed by atoms with Gasteiger partial charge < -0.3 is 5.73 Å². The first kappa shape index (κ1) is 10.4. The van der Waals surface area contributed by atoms with Crippen LogP contribution in [0.15, 0.2) is 23.0 Å². The first-order valence-electron chi connectivity index (χ1n) is 4.93. The first-order valence-corrected chi connectivity index (χ1v) is 5.88. The SMILES string of the molecule is Cc1nn(C)cc1C(N)Cc1ccsc1. The first-order chi connectivity index (χ1) is 7.16. The molecule has 1 atom stereocenters. The van der Waals surface area contributed by atoms with E-state index in [0.29, 0.717) is 0 Å². The Morgan fingerprint density at radius 3 is 2.93 bits per heavy atom. The van der Waals surface area contributed by atoms with E-state index in [1.54, 1.807) is 11.3 Å². The maximum atomic E-state index is 6.15. The van der Waals surface area contributed by atoms with Gasteiger partial charge >= 0.3 is 0 Å². The number of hydrogen-bond donors (Lipinski definition) is 1. The van der Waals surface area contributed by atoms with Crippen LogP contribution in [0, 0.1) is 6.92 Å². The standard InChI is InChI=1S/C11H15N3S/c1-8-10(6-14(2)13-8)11(12)5-9-3-4-15-7-9/h3-4,6-7,11H,5,12H2,1-2H3. The van der Waals surface area contributed by atoms with E-state index in [4.69, 9.17) is 5.73 Å². The molecule has 3 nitrogen and oxygen atoms in total. The van der Waals surface area contributed by atoms with E-state index in [0.717, 1.165) is 17.7 Å². The molecule has 80 valence electrons. The second kappa shape index (κ2) is 4.16. The zero-order valence-corrected chi connectivity index (χ0v) is 9.79. The van der Waals surface area contributed by atoms with Crippen LogP contribution in [0.3, 0.4) is 0 Å². The van der Waals surface area contributed by atoms with Crippen LogP contribution in [0.5, 0.6) is 0 Å². The Labute approximate surface area is 93.5 Å². The number of nitrogens with two attached hydrogens (primary N) is 1. The van der Waals surface area contributed by atoms with Crippen LogP contribution < -0.4 is 5.73 Å². The van der Waals surface area contributed by atoms with Crippen molar-refractivity contribution in [2.75, 3.05) is 0 Å². The quantitative estimate of drug-likeness (QED) is 0.862. The molecule has 2 rings (SSSR count). The van der Waals surface area contributed by atoms with E-state index in [1.165, 1.54) is 5.56 Å². The number of nitrogens with zero attached hydrogens (tertiary/aromatic N) is 2. The molecule has 0 radical (unpaired) electrons. The zero-order chi connectivity index (χ0) is 10.8. The summed E-state index contributed by atoms with van der Waals surface area (Å²) >= 11 is 1.71. The number of hydrogen-bond acceptors (Lipinski definition) is 3. The Hall–Kier alpha value is -1.13. The predicted octanol–water partition coefficient (Wildman–Crippen LogP) is 2.03. The number of thiophene rings is 1. The second-order valence-electron chi connectivity index (χ2n) is 3.79. The van der Waals surface area contributed by atoms with Gasteiger partial charge in [-0.15, -0.1) is 0 Å². The molecule has 0 aromatic carbocycles. The molecule has 0 spiro atoms. The lowest BCUT2D eigenvalue weighted by Gasteiger charge is -2.08. The lowest BCUT2D eigenvalue weighted by molar-refractivity contribution is 0.716. The zero-order valence-electron chi connectivity index (χ0n) is 8.97. The van der Waals surface area contributed by atoms with Crippen molar-refractivity contribution in [2.24, 2.45) is 12.8 Å². The largest absolute Gasteiger partial charge is 0.324 e. The molecule has 0 aliphatic carbocycles. The van der Waals surface area contributed by atoms with Crippen molar-refractivity contribution < 1.29 is 0 Å². The average Bonchev–Trinajstić information content (AvgIpc) is 2.75. The monoisotopic (exact) mass is 221 g/mol. The number of rotatable bonds is 3. The molecule has 0 saturated carbocycles. The summed E-state index contributed by atoms with van der Waals surface area (Å²) < 4.78 is 1.82. The minimum Gasteiger partial charge on any atom is -0.324 e. The smallest absolute Gasteiger partial charge is 0.0641 e. The van der Waals surface area contributed by atoms with Crippen molar-refractivity contribution in [3.8, 4) is 0 Å². The highest BCUT2D eigenvalue weighted by Crippen LogP contribution is 2.19. The van der Waals surface area contributed by atoms with Crippen LogP contribution in [0.4, 0.5) is 0 Å². The van der Waals surface area contributed by atoms with Crippen molar-refractivity contribution in [2.45, 2.75) is 19.4 Å². The predicted molar refractivity (Wildman–Crippen MR) is 62.9 cm³/mol. The summed E-state index contributed by atoms with van der Waals surface area (Å²) in [5.74, 6) is 0. The van der Waals surface area contributed by atoms with Gasteiger partial charge in [0.1, 0.15) is 0 Å². The Morgan fingerprint density at radius 2 is 2.40 bits per heavy atom. The van der Waals surface area contributed by atoms with Crippen LogP contribution in [0.2, 0.25) is 0 Å². The molecule has 15 heavy (non-hydrogen) atoms. The van der Waals surface area contributed by atoms with Gasteiger partial charge in [0.05, 0.1) is 5.69 Å². The van der Waals surface area contributed by atoms with Gasteiger partial charge in [0.15, 0.2) is 0 Å². The van der Waals surface area contributed by atoms with Gasteiger partial charge in [-0.25, -0.2) is 0 Å². The topological polar surface area (TPSA) is 43.8 Å². The van der Waals surface area contributed by atoms with Crippen molar-refractivity contribution in [3.05, 3.63) is 39.8 Å². The van der Waals surface area contributed by atoms with Gasteiger partial charge in [0, 0.05) is 24.8 Å². The fourth-order valence-corrected chi connectivity index (χ4v) is 2.44. The van der Waals surface area contributed by atoms with Gasteiger partial charge in [-0.05, 0) is 35.7 Å². The molecule has 2 aromatic heterocycles. The van der Waals surface area contributed by atoms with E-state index in [2.05, 4.69) is 21.9 Å². The Morgan fingerprint density at radius 1 is 1.60 bits per heavy atom. The molecular formula is C11H15N3S. The normalized spacial score (nSPS) is 13.0. The van der Waals surface area contributed by atoms with Crippen molar-refractivity contribution >= 4 is 11.3 Å². The molecular weight excluding hydrogens is 206 g/mol. The van der Waals surface area contributed by atoms with E-state index < -0.39 is 0 Å². The van der Waals surface area contributed by atoms with Gasteiger partial charge in [-0.3, -0.25) is 4.68 Å². The Bertz CT molecular complexity index is 431. The molecule has 0 aliphatic heterocycles. The van der Waals surface area contributed by atoms with Gasteiger partial charge in [0.2, 0.25) is 0 Å². The van der Waals surface area contributed by atoms with Crippen molar-refractivity contribution in [1.82, 2.24) is 9.78 Å². The van der Waals surface area contributed by atoms with Crippen molar-refractivity contribution in [3.63, 3.8) is 0 Å². The highest BCUT2D eigenvalue weighted by Gasteiger charge is 2.12. The van der Waals surface area contributed by atoms with Crippen molar-refractivity contribution in [1.29, 1.82) is 0 Å². The van der Waals surface area contributed by atoms with Crippen LogP contribution in [0.25, 0.3) is 0 Å². The Balaban J connectivity index is 2.14. The summed E-state index contributed by atoms with van der Waals surface area (Å²) in [5.41, 5.74) is 9.62. The summed E-state index contributed by atoms with van der Waals surface area (Å²) in [6.45, 7) is 2.00. The molecule has 0 fully saturated rings.